The monoisotopic (exact) mass is 441 g/mol. The highest BCUT2D eigenvalue weighted by molar-refractivity contribution is 7.22. The number of carbonyl (C=O) groups is 3. The maximum Gasteiger partial charge on any atom is 0.264 e. The van der Waals surface area contributed by atoms with Crippen LogP contribution < -0.4 is 9.80 Å². The minimum absolute atomic E-state index is 0.218. The number of nitrogens with zero attached hydrogens (tertiary/aromatic N) is 3. The number of aryl methyl sites for hydroxylation is 1. The van der Waals surface area contributed by atoms with Crippen LogP contribution in [0, 0.1) is 6.92 Å². The molecular weight excluding hydrogens is 422 g/mol. The molecule has 6 nitrogen and oxygen atoms in total. The fourth-order valence-electron chi connectivity index (χ4n) is 3.82. The molecule has 3 aromatic carbocycles. The zero-order valence-electron chi connectivity index (χ0n) is 17.3. The minimum Gasteiger partial charge on any atom is -0.274 e. The van der Waals surface area contributed by atoms with Gasteiger partial charge in [-0.2, -0.15) is 0 Å². The molecule has 158 valence electrons. The summed E-state index contributed by atoms with van der Waals surface area (Å²) in [6, 6.07) is 22.0. The average Bonchev–Trinajstić information content (AvgIpc) is 3.38. The van der Waals surface area contributed by atoms with Gasteiger partial charge in [0, 0.05) is 18.4 Å². The first-order valence-electron chi connectivity index (χ1n) is 10.2. The van der Waals surface area contributed by atoms with Crippen LogP contribution >= 0.6 is 11.3 Å². The van der Waals surface area contributed by atoms with E-state index in [0.717, 1.165) is 21.5 Å². The van der Waals surface area contributed by atoms with Crippen LogP contribution in [0.15, 0.2) is 72.8 Å². The van der Waals surface area contributed by atoms with E-state index in [0.29, 0.717) is 16.4 Å². The second kappa shape index (κ2) is 8.01. The molecule has 3 amide bonds. The molecule has 32 heavy (non-hydrogen) atoms. The van der Waals surface area contributed by atoms with Crippen LogP contribution in [-0.2, 0) is 9.59 Å². The molecule has 5 rings (SSSR count). The molecule has 4 aromatic rings. The molecule has 0 bridgehead atoms. The molecule has 1 aliphatic rings. The summed E-state index contributed by atoms with van der Waals surface area (Å²) in [7, 11) is 0. The Balaban J connectivity index is 1.56. The van der Waals surface area contributed by atoms with Crippen molar-refractivity contribution in [2.75, 3.05) is 9.80 Å². The normalized spacial score (nSPS) is 13.7. The number of fused-ring (bicyclic) bond motifs is 1. The van der Waals surface area contributed by atoms with Crippen LogP contribution in [0.25, 0.3) is 10.2 Å². The number of rotatable bonds is 4. The van der Waals surface area contributed by atoms with Gasteiger partial charge in [0.2, 0.25) is 11.8 Å². The first-order chi connectivity index (χ1) is 15.5. The van der Waals surface area contributed by atoms with E-state index in [-0.39, 0.29) is 30.6 Å². The summed E-state index contributed by atoms with van der Waals surface area (Å²) in [4.78, 5) is 45.2. The van der Waals surface area contributed by atoms with Gasteiger partial charge < -0.3 is 0 Å². The third-order valence-electron chi connectivity index (χ3n) is 5.46. The highest BCUT2D eigenvalue weighted by Crippen LogP contribution is 2.36. The number of aromatic nitrogens is 1. The van der Waals surface area contributed by atoms with Gasteiger partial charge in [-0.1, -0.05) is 41.7 Å². The lowest BCUT2D eigenvalue weighted by Crippen LogP contribution is -2.29. The van der Waals surface area contributed by atoms with E-state index in [9.17, 15) is 14.4 Å². The molecule has 2 heterocycles. The Labute approximate surface area is 188 Å². The molecule has 0 spiro atoms. The highest BCUT2D eigenvalue weighted by atomic mass is 32.1. The van der Waals surface area contributed by atoms with Gasteiger partial charge >= 0.3 is 0 Å². The van der Waals surface area contributed by atoms with Gasteiger partial charge in [0.25, 0.3) is 5.91 Å². The maximum atomic E-state index is 13.7. The topological polar surface area (TPSA) is 70.6 Å². The predicted octanol–water partition coefficient (Wildman–Crippen LogP) is 5.24. The molecule has 1 fully saturated rings. The Kier molecular flexibility index (Phi) is 5.03. The predicted molar refractivity (Wildman–Crippen MR) is 125 cm³/mol. The first-order valence-corrected chi connectivity index (χ1v) is 11.1. The summed E-state index contributed by atoms with van der Waals surface area (Å²) in [5.41, 5.74) is 3.46. The third kappa shape index (κ3) is 3.46. The lowest BCUT2D eigenvalue weighted by molar-refractivity contribution is -0.121. The number of anilines is 3. The number of hydrogen-bond donors (Lipinski definition) is 0. The number of hydrogen-bond acceptors (Lipinski definition) is 5. The summed E-state index contributed by atoms with van der Waals surface area (Å²) in [6.45, 7) is 1.95. The molecule has 0 radical (unpaired) electrons. The summed E-state index contributed by atoms with van der Waals surface area (Å²) >= 11 is 1.45. The Morgan fingerprint density at radius 3 is 2.25 bits per heavy atom. The lowest BCUT2D eigenvalue weighted by atomic mass is 10.1. The zero-order chi connectivity index (χ0) is 22.2. The number of para-hydroxylation sites is 2. The molecule has 0 unspecified atom stereocenters. The first kappa shape index (κ1) is 20.1. The molecule has 1 aromatic heterocycles. The summed E-state index contributed by atoms with van der Waals surface area (Å²) in [6.07, 6.45) is 0.441. The van der Waals surface area contributed by atoms with E-state index < -0.39 is 0 Å². The lowest BCUT2D eigenvalue weighted by Gasteiger charge is -2.22. The quantitative estimate of drug-likeness (QED) is 0.406. The van der Waals surface area contributed by atoms with Crippen LogP contribution in [0.4, 0.5) is 16.5 Å². The molecule has 7 heteroatoms. The summed E-state index contributed by atoms with van der Waals surface area (Å²) in [5.74, 6) is -0.667. The molecule has 0 atom stereocenters. The number of amides is 3. The van der Waals surface area contributed by atoms with Crippen LogP contribution in [0.1, 0.15) is 28.8 Å². The molecule has 0 saturated carbocycles. The van der Waals surface area contributed by atoms with Gasteiger partial charge in [-0.25, -0.2) is 4.98 Å². The number of thiazole rings is 1. The molecule has 0 aliphatic carbocycles. The van der Waals surface area contributed by atoms with Crippen LogP contribution in [0.2, 0.25) is 0 Å². The van der Waals surface area contributed by atoms with Crippen molar-refractivity contribution in [2.24, 2.45) is 0 Å². The van der Waals surface area contributed by atoms with Gasteiger partial charge in [-0.15, -0.1) is 0 Å². The van der Waals surface area contributed by atoms with Gasteiger partial charge in [0.05, 0.1) is 21.6 Å². The third-order valence-corrected chi connectivity index (χ3v) is 6.48. The fraction of sp³-hybridized carbons (Fsp3) is 0.120. The Hall–Kier alpha value is -3.84. The van der Waals surface area contributed by atoms with Crippen LogP contribution in [-0.4, -0.2) is 22.7 Å². The van der Waals surface area contributed by atoms with Gasteiger partial charge in [-0.3, -0.25) is 24.2 Å². The van der Waals surface area contributed by atoms with Gasteiger partial charge in [0.15, 0.2) is 5.13 Å². The van der Waals surface area contributed by atoms with E-state index in [2.05, 4.69) is 0 Å². The highest BCUT2D eigenvalue weighted by Gasteiger charge is 2.31. The second-order valence-corrected chi connectivity index (χ2v) is 8.57. The average molecular weight is 442 g/mol. The standard InChI is InChI=1S/C25H19N3O3S/c1-16-6-2-4-8-20(16)28(25-26-19-7-3-5-9-21(19)32-25)24(31)17-10-12-18(13-11-17)27-22(29)14-15-23(27)30/h2-13H,14-15H2,1H3. The van der Waals surface area contributed by atoms with Gasteiger partial charge in [-0.05, 0) is 55.0 Å². The van der Waals surface area contributed by atoms with Crippen molar-refractivity contribution in [3.8, 4) is 0 Å². The van der Waals surface area contributed by atoms with E-state index >= 15 is 0 Å². The second-order valence-electron chi connectivity index (χ2n) is 7.56. The number of benzene rings is 3. The van der Waals surface area contributed by atoms with E-state index in [1.807, 2.05) is 55.5 Å². The van der Waals surface area contributed by atoms with Crippen molar-refractivity contribution in [2.45, 2.75) is 19.8 Å². The maximum absolute atomic E-state index is 13.7. The van der Waals surface area contributed by atoms with Crippen molar-refractivity contribution < 1.29 is 14.4 Å². The zero-order valence-corrected chi connectivity index (χ0v) is 18.1. The van der Waals surface area contributed by atoms with Gasteiger partial charge in [0.1, 0.15) is 0 Å². The molecule has 1 aliphatic heterocycles. The van der Waals surface area contributed by atoms with Crippen molar-refractivity contribution in [3.05, 3.63) is 83.9 Å². The van der Waals surface area contributed by atoms with Crippen molar-refractivity contribution in [1.29, 1.82) is 0 Å². The fourth-order valence-corrected chi connectivity index (χ4v) is 4.79. The Morgan fingerprint density at radius 2 is 1.56 bits per heavy atom. The SMILES string of the molecule is Cc1ccccc1N(C(=O)c1ccc(N2C(=O)CCC2=O)cc1)c1nc2ccccc2s1. The van der Waals surface area contributed by atoms with E-state index in [4.69, 9.17) is 4.98 Å². The minimum atomic E-state index is -0.232. The van der Waals surface area contributed by atoms with Crippen molar-refractivity contribution in [3.63, 3.8) is 0 Å². The summed E-state index contributed by atoms with van der Waals surface area (Å²) < 4.78 is 0.996. The van der Waals surface area contributed by atoms with Crippen molar-refractivity contribution in [1.82, 2.24) is 4.98 Å². The van der Waals surface area contributed by atoms with Crippen LogP contribution in [0.5, 0.6) is 0 Å². The van der Waals surface area contributed by atoms with E-state index in [1.165, 1.54) is 16.2 Å². The summed E-state index contributed by atoms with van der Waals surface area (Å²) in [5, 5.41) is 0.583. The van der Waals surface area contributed by atoms with Crippen molar-refractivity contribution >= 4 is 55.8 Å². The molecular formula is C25H19N3O3S. The van der Waals surface area contributed by atoms with E-state index in [1.54, 1.807) is 29.2 Å². The number of imide groups is 1. The molecule has 1 saturated heterocycles. The molecule has 0 N–H and O–H groups in total. The Bertz CT molecular complexity index is 1310. The van der Waals surface area contributed by atoms with Crippen LogP contribution in [0.3, 0.4) is 0 Å². The number of carbonyl (C=O) groups excluding carboxylic acids is 3. The Morgan fingerprint density at radius 1 is 0.906 bits per heavy atom. The smallest absolute Gasteiger partial charge is 0.264 e. The largest absolute Gasteiger partial charge is 0.274 e.